The molecule has 2 amide bonds. The standard InChI is InChI=1S/C14H17F2N3O5S/c15-8-2-1-3-9(16)13(8)25(23,24)17-7-6-12(21)18-10-4-5-11(20)19-14(10)22/h1-3,10,14,17,22H,4-7H2,(H,18,21)(H,19,20). The number of aliphatic hydroxyl groups is 1. The number of hydrogen-bond acceptors (Lipinski definition) is 5. The van der Waals surface area contributed by atoms with Crippen LogP contribution in [0.5, 0.6) is 0 Å². The monoisotopic (exact) mass is 377 g/mol. The van der Waals surface area contributed by atoms with Crippen LogP contribution < -0.4 is 15.4 Å². The normalized spacial score (nSPS) is 20.8. The first kappa shape index (κ1) is 19.2. The number of benzene rings is 1. The summed E-state index contributed by atoms with van der Waals surface area (Å²) in [4.78, 5) is 21.7. The van der Waals surface area contributed by atoms with Crippen LogP contribution in [0, 0.1) is 11.6 Å². The number of amides is 2. The molecule has 0 radical (unpaired) electrons. The number of rotatable bonds is 6. The first-order valence-corrected chi connectivity index (χ1v) is 8.89. The molecule has 25 heavy (non-hydrogen) atoms. The predicted octanol–water partition coefficient (Wildman–Crippen LogP) is -0.654. The highest BCUT2D eigenvalue weighted by Crippen LogP contribution is 2.17. The maximum atomic E-state index is 13.5. The fourth-order valence-electron chi connectivity index (χ4n) is 2.32. The van der Waals surface area contributed by atoms with E-state index in [1.807, 2.05) is 4.72 Å². The molecule has 138 valence electrons. The zero-order chi connectivity index (χ0) is 18.6. The van der Waals surface area contributed by atoms with Crippen molar-refractivity contribution in [2.75, 3.05) is 6.54 Å². The molecule has 2 rings (SSSR count). The lowest BCUT2D eigenvalue weighted by Crippen LogP contribution is -2.55. The van der Waals surface area contributed by atoms with Crippen LogP contribution in [0.3, 0.4) is 0 Å². The van der Waals surface area contributed by atoms with Crippen LogP contribution in [0.2, 0.25) is 0 Å². The second kappa shape index (κ2) is 7.85. The van der Waals surface area contributed by atoms with Crippen molar-refractivity contribution in [1.82, 2.24) is 15.4 Å². The Labute approximate surface area is 142 Å². The molecule has 1 fully saturated rings. The van der Waals surface area contributed by atoms with Gasteiger partial charge in [-0.15, -0.1) is 0 Å². The van der Waals surface area contributed by atoms with Gasteiger partial charge in [0.15, 0.2) is 4.90 Å². The van der Waals surface area contributed by atoms with Crippen molar-refractivity contribution in [3.63, 3.8) is 0 Å². The van der Waals surface area contributed by atoms with Crippen LogP contribution in [0.4, 0.5) is 8.78 Å². The number of hydrogen-bond donors (Lipinski definition) is 4. The van der Waals surface area contributed by atoms with Crippen LogP contribution in [-0.2, 0) is 19.6 Å². The van der Waals surface area contributed by atoms with E-state index in [2.05, 4.69) is 10.6 Å². The first-order valence-electron chi connectivity index (χ1n) is 7.41. The number of halogens is 2. The maximum absolute atomic E-state index is 13.5. The van der Waals surface area contributed by atoms with E-state index in [9.17, 15) is 31.9 Å². The first-order chi connectivity index (χ1) is 11.7. The Bertz CT molecular complexity index is 751. The summed E-state index contributed by atoms with van der Waals surface area (Å²) < 4.78 is 52.8. The molecule has 1 aromatic rings. The lowest BCUT2D eigenvalue weighted by Gasteiger charge is -2.28. The SMILES string of the molecule is O=C1CCC(NC(=O)CCNS(=O)(=O)c2c(F)cccc2F)C(O)N1. The molecule has 4 N–H and O–H groups in total. The van der Waals surface area contributed by atoms with E-state index in [0.29, 0.717) is 0 Å². The van der Waals surface area contributed by atoms with E-state index in [0.717, 1.165) is 18.2 Å². The summed E-state index contributed by atoms with van der Waals surface area (Å²) in [7, 11) is -4.45. The molecule has 11 heteroatoms. The smallest absolute Gasteiger partial charge is 0.246 e. The summed E-state index contributed by atoms with van der Waals surface area (Å²) in [6.45, 7) is -0.392. The van der Waals surface area contributed by atoms with Crippen molar-refractivity contribution in [3.05, 3.63) is 29.8 Å². The fraction of sp³-hybridized carbons (Fsp3) is 0.429. The van der Waals surface area contributed by atoms with Crippen LogP contribution in [0.25, 0.3) is 0 Å². The van der Waals surface area contributed by atoms with Crippen LogP contribution in [-0.4, -0.2) is 44.2 Å². The minimum Gasteiger partial charge on any atom is -0.372 e. The molecule has 1 aliphatic rings. The summed E-state index contributed by atoms with van der Waals surface area (Å²) in [5.41, 5.74) is 0. The van der Waals surface area contributed by atoms with Gasteiger partial charge in [0, 0.05) is 19.4 Å². The van der Waals surface area contributed by atoms with Gasteiger partial charge in [0.1, 0.15) is 17.9 Å². The summed E-state index contributed by atoms with van der Waals surface area (Å²) in [5, 5.41) is 14.3. The molecular formula is C14H17F2N3O5S. The van der Waals surface area contributed by atoms with Gasteiger partial charge in [-0.1, -0.05) is 6.07 Å². The molecule has 1 aromatic carbocycles. The van der Waals surface area contributed by atoms with Crippen LogP contribution in [0.15, 0.2) is 23.1 Å². The third kappa shape index (κ3) is 4.94. The minimum absolute atomic E-state index is 0.140. The Morgan fingerprint density at radius 2 is 1.96 bits per heavy atom. The van der Waals surface area contributed by atoms with Gasteiger partial charge in [0.2, 0.25) is 21.8 Å². The Kier molecular flexibility index (Phi) is 6.03. The van der Waals surface area contributed by atoms with Crippen molar-refractivity contribution in [1.29, 1.82) is 0 Å². The highest BCUT2D eigenvalue weighted by molar-refractivity contribution is 7.89. The van der Waals surface area contributed by atoms with Gasteiger partial charge in [0.25, 0.3) is 0 Å². The van der Waals surface area contributed by atoms with Gasteiger partial charge < -0.3 is 15.7 Å². The fourth-order valence-corrected chi connectivity index (χ4v) is 3.49. The summed E-state index contributed by atoms with van der Waals surface area (Å²) >= 11 is 0. The van der Waals surface area contributed by atoms with Crippen LogP contribution >= 0.6 is 0 Å². The average molecular weight is 377 g/mol. The van der Waals surface area contributed by atoms with Gasteiger partial charge in [-0.2, -0.15) is 0 Å². The molecule has 2 unspecified atom stereocenters. The maximum Gasteiger partial charge on any atom is 0.246 e. The van der Waals surface area contributed by atoms with E-state index >= 15 is 0 Å². The van der Waals surface area contributed by atoms with E-state index in [-0.39, 0.29) is 25.2 Å². The van der Waals surface area contributed by atoms with Gasteiger partial charge in [-0.05, 0) is 18.6 Å². The Balaban J connectivity index is 1.87. The zero-order valence-corrected chi connectivity index (χ0v) is 13.8. The van der Waals surface area contributed by atoms with Gasteiger partial charge in [0.05, 0.1) is 6.04 Å². The topological polar surface area (TPSA) is 125 Å². The van der Waals surface area contributed by atoms with Crippen LogP contribution in [0.1, 0.15) is 19.3 Å². The van der Waals surface area contributed by atoms with Crippen molar-refractivity contribution >= 4 is 21.8 Å². The predicted molar refractivity (Wildman–Crippen MR) is 81.5 cm³/mol. The van der Waals surface area contributed by atoms with Gasteiger partial charge >= 0.3 is 0 Å². The molecule has 1 aliphatic heterocycles. The lowest BCUT2D eigenvalue weighted by atomic mass is 10.1. The third-order valence-electron chi connectivity index (χ3n) is 3.55. The van der Waals surface area contributed by atoms with E-state index < -0.39 is 51.3 Å². The van der Waals surface area contributed by atoms with E-state index in [1.165, 1.54) is 0 Å². The Morgan fingerprint density at radius 3 is 2.56 bits per heavy atom. The third-order valence-corrected chi connectivity index (χ3v) is 5.06. The zero-order valence-electron chi connectivity index (χ0n) is 13.0. The van der Waals surface area contributed by atoms with Gasteiger partial charge in [-0.3, -0.25) is 9.59 Å². The summed E-state index contributed by atoms with van der Waals surface area (Å²) in [6, 6.07) is 1.96. The number of carbonyl (C=O) groups excluding carboxylic acids is 2. The van der Waals surface area contributed by atoms with Crippen molar-refractivity contribution in [2.45, 2.75) is 36.4 Å². The quantitative estimate of drug-likeness (QED) is 0.524. The summed E-state index contributed by atoms with van der Waals surface area (Å²) in [6.07, 6.45) is -1.16. The second-order valence-corrected chi connectivity index (χ2v) is 7.13. The van der Waals surface area contributed by atoms with Crippen molar-refractivity contribution in [3.8, 4) is 0 Å². The van der Waals surface area contributed by atoms with Crippen molar-refractivity contribution < 1.29 is 31.9 Å². The molecule has 0 spiro atoms. The minimum atomic E-state index is -4.45. The Hall–Kier alpha value is -2.11. The largest absolute Gasteiger partial charge is 0.372 e. The lowest BCUT2D eigenvalue weighted by molar-refractivity contribution is -0.131. The number of nitrogens with one attached hydrogen (secondary N) is 3. The molecule has 2 atom stereocenters. The number of aliphatic hydroxyl groups excluding tert-OH is 1. The molecule has 0 aliphatic carbocycles. The molecule has 8 nitrogen and oxygen atoms in total. The van der Waals surface area contributed by atoms with E-state index in [1.54, 1.807) is 0 Å². The number of carbonyl (C=O) groups is 2. The molecule has 1 saturated heterocycles. The molecular weight excluding hydrogens is 360 g/mol. The highest BCUT2D eigenvalue weighted by Gasteiger charge is 2.28. The van der Waals surface area contributed by atoms with Gasteiger partial charge in [-0.25, -0.2) is 21.9 Å². The highest BCUT2D eigenvalue weighted by atomic mass is 32.2. The number of piperidine rings is 1. The second-order valence-electron chi connectivity index (χ2n) is 5.42. The molecule has 1 heterocycles. The molecule has 0 bridgehead atoms. The molecule has 0 saturated carbocycles. The average Bonchev–Trinajstić information content (AvgIpc) is 2.49. The van der Waals surface area contributed by atoms with E-state index in [4.69, 9.17) is 0 Å². The molecule has 0 aromatic heterocycles. The number of sulfonamides is 1. The van der Waals surface area contributed by atoms with Crippen molar-refractivity contribution in [2.24, 2.45) is 0 Å². The Morgan fingerprint density at radius 1 is 1.32 bits per heavy atom. The summed E-state index contributed by atoms with van der Waals surface area (Å²) in [5.74, 6) is -3.40.